The van der Waals surface area contributed by atoms with Crippen molar-refractivity contribution in [3.8, 4) is 0 Å². The number of carbonyl (C=O) groups is 2. The van der Waals surface area contributed by atoms with Gasteiger partial charge in [0.2, 0.25) is 0 Å². The van der Waals surface area contributed by atoms with Crippen molar-refractivity contribution in [1.29, 1.82) is 0 Å². The normalized spacial score (nSPS) is 15.3. The van der Waals surface area contributed by atoms with Crippen molar-refractivity contribution in [3.63, 3.8) is 0 Å². The molecule has 1 aromatic carbocycles. The Morgan fingerprint density at radius 2 is 1.93 bits per heavy atom. The van der Waals surface area contributed by atoms with E-state index in [9.17, 15) is 14.4 Å². The second kappa shape index (κ2) is 7.27. The van der Waals surface area contributed by atoms with Crippen LogP contribution in [0.5, 0.6) is 0 Å². The summed E-state index contributed by atoms with van der Waals surface area (Å²) in [5.74, 6) is 0.375. The molecule has 0 spiro atoms. The molecular weight excluding hydrogens is 380 g/mol. The third-order valence-corrected chi connectivity index (χ3v) is 5.79. The number of rotatable bonds is 4. The summed E-state index contributed by atoms with van der Waals surface area (Å²) in [5.41, 5.74) is 2.14. The predicted molar refractivity (Wildman–Crippen MR) is 115 cm³/mol. The summed E-state index contributed by atoms with van der Waals surface area (Å²) in [4.78, 5) is 42.6. The Kier molecular flexibility index (Phi) is 4.88. The number of aryl methyl sites for hydroxylation is 1. The highest BCUT2D eigenvalue weighted by Crippen LogP contribution is 2.33. The number of Topliss-reactive ketones (excluding diaryl/α,β-unsaturated/α-hetero) is 1. The van der Waals surface area contributed by atoms with Crippen molar-refractivity contribution in [2.45, 2.75) is 46.6 Å². The van der Waals surface area contributed by atoms with Gasteiger partial charge in [-0.2, -0.15) is 0 Å². The molecule has 0 fully saturated rings. The summed E-state index contributed by atoms with van der Waals surface area (Å²) in [6.07, 6.45) is 1.71. The third-order valence-electron chi connectivity index (χ3n) is 5.79. The van der Waals surface area contributed by atoms with Crippen LogP contribution >= 0.6 is 0 Å². The number of carbonyl (C=O) groups excluding carboxylic acids is 2. The van der Waals surface area contributed by atoms with E-state index in [0.717, 1.165) is 22.3 Å². The Morgan fingerprint density at radius 3 is 2.67 bits per heavy atom. The predicted octanol–water partition coefficient (Wildman–Crippen LogP) is 4.11. The van der Waals surface area contributed by atoms with Crippen LogP contribution in [0.3, 0.4) is 0 Å². The average Bonchev–Trinajstić information content (AvgIpc) is 3.03. The number of fused-ring (bicyclic) bond motifs is 2. The smallest absolute Gasteiger partial charge is 0.261 e. The van der Waals surface area contributed by atoms with Gasteiger partial charge in [-0.25, -0.2) is 0 Å². The van der Waals surface area contributed by atoms with Crippen LogP contribution in [-0.4, -0.2) is 28.6 Å². The topological polar surface area (TPSA) is 83.4 Å². The lowest BCUT2D eigenvalue weighted by Gasteiger charge is -2.30. The standard InChI is InChI=1S/C24H26N2O4/c1-5-20-17(14-8-6-7-9-21(14)30-20)13-26(4)23(29)16-10-15-18(25-22(16)28)11-24(2,3)12-19(15)27/h6-10H,5,11-13H2,1-4H3,(H,25,28). The minimum absolute atomic E-state index is 0.00449. The highest BCUT2D eigenvalue weighted by atomic mass is 16.3. The van der Waals surface area contributed by atoms with Gasteiger partial charge in [-0.3, -0.25) is 14.4 Å². The van der Waals surface area contributed by atoms with Gasteiger partial charge in [0.15, 0.2) is 5.78 Å². The summed E-state index contributed by atoms with van der Waals surface area (Å²) in [5, 5.41) is 0.964. The van der Waals surface area contributed by atoms with Crippen molar-refractivity contribution < 1.29 is 14.0 Å². The maximum atomic E-state index is 13.1. The van der Waals surface area contributed by atoms with Gasteiger partial charge in [-0.1, -0.05) is 39.0 Å². The summed E-state index contributed by atoms with van der Waals surface area (Å²) in [6.45, 7) is 6.32. The number of amides is 1. The number of H-pyrrole nitrogens is 1. The van der Waals surface area contributed by atoms with E-state index in [1.807, 2.05) is 45.0 Å². The molecule has 0 radical (unpaired) electrons. The first-order valence-corrected chi connectivity index (χ1v) is 10.2. The van der Waals surface area contributed by atoms with E-state index in [4.69, 9.17) is 4.42 Å². The zero-order valence-corrected chi connectivity index (χ0v) is 17.8. The third kappa shape index (κ3) is 3.47. The Labute approximate surface area is 174 Å². The molecule has 156 valence electrons. The molecule has 1 aliphatic rings. The van der Waals surface area contributed by atoms with Crippen LogP contribution < -0.4 is 5.56 Å². The van der Waals surface area contributed by atoms with Crippen molar-refractivity contribution in [1.82, 2.24) is 9.88 Å². The van der Waals surface area contributed by atoms with Gasteiger partial charge in [-0.05, 0) is 24.0 Å². The van der Waals surface area contributed by atoms with Gasteiger partial charge in [-0.15, -0.1) is 0 Å². The minimum Gasteiger partial charge on any atom is -0.461 e. The Morgan fingerprint density at radius 1 is 1.20 bits per heavy atom. The van der Waals surface area contributed by atoms with Crippen LogP contribution in [0, 0.1) is 5.41 Å². The lowest BCUT2D eigenvalue weighted by Crippen LogP contribution is -2.35. The fraction of sp³-hybridized carbons (Fsp3) is 0.375. The average molecular weight is 406 g/mol. The monoisotopic (exact) mass is 406 g/mol. The Balaban J connectivity index is 1.67. The van der Waals surface area contributed by atoms with Gasteiger partial charge < -0.3 is 14.3 Å². The molecule has 1 amide bonds. The van der Waals surface area contributed by atoms with Crippen LogP contribution in [0.2, 0.25) is 0 Å². The lowest BCUT2D eigenvalue weighted by molar-refractivity contribution is 0.0783. The molecule has 1 aliphatic carbocycles. The number of ketones is 1. The molecule has 0 atom stereocenters. The van der Waals surface area contributed by atoms with Crippen LogP contribution in [0.4, 0.5) is 0 Å². The molecular formula is C24H26N2O4. The molecule has 2 heterocycles. The molecule has 6 nitrogen and oxygen atoms in total. The van der Waals surface area contributed by atoms with Gasteiger partial charge in [0.1, 0.15) is 16.9 Å². The SMILES string of the molecule is CCc1oc2ccccc2c1CN(C)C(=O)c1cc2c([nH]c1=O)CC(C)(C)CC2=O. The second-order valence-corrected chi connectivity index (χ2v) is 8.86. The highest BCUT2D eigenvalue weighted by Gasteiger charge is 2.33. The number of hydrogen-bond donors (Lipinski definition) is 1. The molecule has 1 N–H and O–H groups in total. The lowest BCUT2D eigenvalue weighted by atomic mass is 9.75. The number of furan rings is 1. The van der Waals surface area contributed by atoms with E-state index in [1.54, 1.807) is 7.05 Å². The Bertz CT molecular complexity index is 1220. The molecule has 0 saturated carbocycles. The van der Waals surface area contributed by atoms with E-state index in [-0.39, 0.29) is 16.8 Å². The molecule has 0 saturated heterocycles. The fourth-order valence-corrected chi connectivity index (χ4v) is 4.31. The molecule has 0 aliphatic heterocycles. The number of para-hydroxylation sites is 1. The molecule has 4 rings (SSSR count). The number of aromatic amines is 1. The van der Waals surface area contributed by atoms with Gasteiger partial charge in [0.05, 0.1) is 0 Å². The van der Waals surface area contributed by atoms with Gasteiger partial charge >= 0.3 is 0 Å². The van der Waals surface area contributed by atoms with Gasteiger partial charge in [0, 0.05) is 48.6 Å². The summed E-state index contributed by atoms with van der Waals surface area (Å²) < 4.78 is 5.92. The quantitative estimate of drug-likeness (QED) is 0.707. The number of nitrogens with one attached hydrogen (secondary N) is 1. The van der Waals surface area contributed by atoms with Crippen LogP contribution in [-0.2, 0) is 19.4 Å². The zero-order valence-electron chi connectivity index (χ0n) is 17.8. The van der Waals surface area contributed by atoms with E-state index in [0.29, 0.717) is 37.1 Å². The largest absolute Gasteiger partial charge is 0.461 e. The fourth-order valence-electron chi connectivity index (χ4n) is 4.31. The van der Waals surface area contributed by atoms with E-state index in [2.05, 4.69) is 4.98 Å². The van der Waals surface area contributed by atoms with Crippen molar-refractivity contribution in [2.75, 3.05) is 7.05 Å². The Hall–Kier alpha value is -3.15. The summed E-state index contributed by atoms with van der Waals surface area (Å²) in [6, 6.07) is 9.19. The minimum atomic E-state index is -0.455. The summed E-state index contributed by atoms with van der Waals surface area (Å²) >= 11 is 0. The van der Waals surface area contributed by atoms with Crippen LogP contribution in [0.1, 0.15) is 64.9 Å². The number of benzene rings is 1. The maximum Gasteiger partial charge on any atom is 0.261 e. The van der Waals surface area contributed by atoms with Gasteiger partial charge in [0.25, 0.3) is 11.5 Å². The van der Waals surface area contributed by atoms with Crippen molar-refractivity contribution in [2.24, 2.45) is 5.41 Å². The van der Waals surface area contributed by atoms with E-state index >= 15 is 0 Å². The molecule has 0 unspecified atom stereocenters. The van der Waals surface area contributed by atoms with Crippen molar-refractivity contribution in [3.05, 3.63) is 68.8 Å². The molecule has 3 aromatic rings. The number of hydrogen-bond acceptors (Lipinski definition) is 4. The molecule has 6 heteroatoms. The van der Waals surface area contributed by atoms with E-state index < -0.39 is 11.5 Å². The molecule has 30 heavy (non-hydrogen) atoms. The second-order valence-electron chi connectivity index (χ2n) is 8.86. The molecule has 2 aromatic heterocycles. The van der Waals surface area contributed by atoms with Crippen LogP contribution in [0.15, 0.2) is 39.5 Å². The zero-order chi connectivity index (χ0) is 21.6. The maximum absolute atomic E-state index is 13.1. The first kappa shape index (κ1) is 20.1. The highest BCUT2D eigenvalue weighted by molar-refractivity contribution is 6.02. The number of pyridine rings is 1. The van der Waals surface area contributed by atoms with Crippen molar-refractivity contribution >= 4 is 22.7 Å². The first-order chi connectivity index (χ1) is 14.2. The first-order valence-electron chi connectivity index (χ1n) is 10.2. The molecule has 0 bridgehead atoms. The van der Waals surface area contributed by atoms with Crippen LogP contribution in [0.25, 0.3) is 11.0 Å². The van der Waals surface area contributed by atoms with E-state index in [1.165, 1.54) is 11.0 Å². The number of nitrogens with zero attached hydrogens (tertiary/aromatic N) is 1. The summed E-state index contributed by atoms with van der Waals surface area (Å²) in [7, 11) is 1.66. The number of aromatic nitrogens is 1.